The smallest absolute Gasteiger partial charge is 0.143 e. The molecule has 1 N–H and O–H groups in total. The number of hydrogen-bond acceptors (Lipinski definition) is 3. The summed E-state index contributed by atoms with van der Waals surface area (Å²) < 4.78 is 1.07. The maximum absolute atomic E-state index is 9.44. The average molecular weight is 271 g/mol. The van der Waals surface area contributed by atoms with Crippen LogP contribution in [0.5, 0.6) is 0 Å². The molecule has 0 spiro atoms. The number of aliphatic hydroxyl groups is 1. The normalized spacial score (nSPS) is 18.2. The number of halogens is 1. The zero-order valence-electron chi connectivity index (χ0n) is 8.78. The summed E-state index contributed by atoms with van der Waals surface area (Å²) in [6.07, 6.45) is 3.37. The van der Waals surface area contributed by atoms with Crippen molar-refractivity contribution in [2.24, 2.45) is 0 Å². The van der Waals surface area contributed by atoms with Crippen LogP contribution in [0.25, 0.3) is 0 Å². The molecule has 4 heteroatoms. The number of aromatic nitrogens is 1. The highest BCUT2D eigenvalue weighted by Gasteiger charge is 2.20. The predicted octanol–water partition coefficient (Wildman–Crippen LogP) is 2.11. The Morgan fingerprint density at radius 2 is 2.13 bits per heavy atom. The summed E-state index contributed by atoms with van der Waals surface area (Å²) in [5.74, 6) is 1.00. The molecule has 82 valence electrons. The van der Waals surface area contributed by atoms with Gasteiger partial charge in [-0.3, -0.25) is 0 Å². The van der Waals surface area contributed by atoms with Crippen molar-refractivity contribution in [3.63, 3.8) is 0 Å². The van der Waals surface area contributed by atoms with Gasteiger partial charge >= 0.3 is 0 Å². The lowest BCUT2D eigenvalue weighted by Gasteiger charge is -2.31. The van der Waals surface area contributed by atoms with E-state index < -0.39 is 0 Å². The van der Waals surface area contributed by atoms with Crippen LogP contribution in [0, 0.1) is 6.92 Å². The Labute approximate surface area is 98.3 Å². The van der Waals surface area contributed by atoms with E-state index in [2.05, 4.69) is 32.7 Å². The van der Waals surface area contributed by atoms with Crippen LogP contribution in [-0.4, -0.2) is 29.3 Å². The fourth-order valence-electron chi connectivity index (χ4n) is 1.82. The van der Waals surface area contributed by atoms with E-state index in [0.29, 0.717) is 0 Å². The first-order valence-corrected chi connectivity index (χ1v) is 6.02. The lowest BCUT2D eigenvalue weighted by molar-refractivity contribution is 0.145. The molecule has 0 amide bonds. The van der Waals surface area contributed by atoms with Crippen LogP contribution in [0.4, 0.5) is 5.82 Å². The third-order valence-corrected chi connectivity index (χ3v) is 3.81. The molecule has 1 aliphatic rings. The fourth-order valence-corrected chi connectivity index (χ4v) is 2.31. The van der Waals surface area contributed by atoms with E-state index in [1.54, 1.807) is 0 Å². The van der Waals surface area contributed by atoms with E-state index in [1.807, 2.05) is 12.3 Å². The van der Waals surface area contributed by atoms with E-state index in [1.165, 1.54) is 5.56 Å². The average Bonchev–Trinajstić information content (AvgIpc) is 2.24. The van der Waals surface area contributed by atoms with Crippen molar-refractivity contribution in [1.82, 2.24) is 4.98 Å². The molecule has 1 aromatic rings. The summed E-state index contributed by atoms with van der Waals surface area (Å²) in [4.78, 5) is 6.61. The first-order valence-electron chi connectivity index (χ1n) is 5.22. The molecular formula is C11H15BrN2O. The van der Waals surface area contributed by atoms with Crippen LogP contribution in [0.2, 0.25) is 0 Å². The molecule has 3 nitrogen and oxygen atoms in total. The second kappa shape index (κ2) is 4.49. The number of aliphatic hydroxyl groups excluding tert-OH is 1. The quantitative estimate of drug-likeness (QED) is 0.850. The number of hydrogen-bond donors (Lipinski definition) is 1. The molecule has 0 unspecified atom stereocenters. The molecule has 15 heavy (non-hydrogen) atoms. The van der Waals surface area contributed by atoms with E-state index in [4.69, 9.17) is 0 Å². The molecule has 0 aromatic carbocycles. The standard InChI is InChI=1S/C11H15BrN2O/c1-8-2-5-13-11(10(8)12)14-6-3-9(15)4-7-14/h2,5,9,15H,3-4,6-7H2,1H3. The Kier molecular flexibility index (Phi) is 3.26. The van der Waals surface area contributed by atoms with Gasteiger partial charge in [-0.15, -0.1) is 0 Å². The van der Waals surface area contributed by atoms with E-state index in [0.717, 1.165) is 36.2 Å². The van der Waals surface area contributed by atoms with Crippen molar-refractivity contribution in [3.05, 3.63) is 22.3 Å². The Bertz CT molecular complexity index is 348. The maximum Gasteiger partial charge on any atom is 0.143 e. The van der Waals surface area contributed by atoms with Crippen LogP contribution in [0.15, 0.2) is 16.7 Å². The molecule has 1 aromatic heterocycles. The Morgan fingerprint density at radius 3 is 2.80 bits per heavy atom. The molecule has 0 radical (unpaired) electrons. The van der Waals surface area contributed by atoms with Gasteiger partial charge in [0.1, 0.15) is 5.82 Å². The molecule has 1 fully saturated rings. The minimum Gasteiger partial charge on any atom is -0.393 e. The van der Waals surface area contributed by atoms with Gasteiger partial charge in [-0.2, -0.15) is 0 Å². The van der Waals surface area contributed by atoms with E-state index in [-0.39, 0.29) is 6.10 Å². The highest BCUT2D eigenvalue weighted by atomic mass is 79.9. The predicted molar refractivity (Wildman–Crippen MR) is 64.1 cm³/mol. The number of piperidine rings is 1. The first kappa shape index (κ1) is 10.9. The molecule has 2 heterocycles. The topological polar surface area (TPSA) is 36.4 Å². The number of pyridine rings is 1. The van der Waals surface area contributed by atoms with Crippen molar-refractivity contribution in [2.45, 2.75) is 25.9 Å². The van der Waals surface area contributed by atoms with Gasteiger partial charge in [0.05, 0.1) is 10.6 Å². The van der Waals surface area contributed by atoms with Crippen molar-refractivity contribution in [2.75, 3.05) is 18.0 Å². The summed E-state index contributed by atoms with van der Waals surface area (Å²) in [6.45, 7) is 3.83. The SMILES string of the molecule is Cc1ccnc(N2CCC(O)CC2)c1Br. The molecular weight excluding hydrogens is 256 g/mol. The van der Waals surface area contributed by atoms with Gasteiger partial charge in [0.25, 0.3) is 0 Å². The van der Waals surface area contributed by atoms with Gasteiger partial charge in [-0.25, -0.2) is 4.98 Å². The third kappa shape index (κ3) is 2.32. The Hall–Kier alpha value is -0.610. The Morgan fingerprint density at radius 1 is 1.47 bits per heavy atom. The minimum atomic E-state index is -0.134. The van der Waals surface area contributed by atoms with E-state index in [9.17, 15) is 5.11 Å². The first-order chi connectivity index (χ1) is 7.18. The van der Waals surface area contributed by atoms with Crippen LogP contribution in [-0.2, 0) is 0 Å². The largest absolute Gasteiger partial charge is 0.393 e. The fraction of sp³-hybridized carbons (Fsp3) is 0.545. The minimum absolute atomic E-state index is 0.134. The number of rotatable bonds is 1. The zero-order chi connectivity index (χ0) is 10.8. The van der Waals surface area contributed by atoms with Crippen molar-refractivity contribution < 1.29 is 5.11 Å². The highest BCUT2D eigenvalue weighted by molar-refractivity contribution is 9.10. The second-order valence-corrected chi connectivity index (χ2v) is 4.78. The third-order valence-electron chi connectivity index (χ3n) is 2.83. The van der Waals surface area contributed by atoms with Crippen LogP contribution in [0.3, 0.4) is 0 Å². The van der Waals surface area contributed by atoms with Crippen molar-refractivity contribution in [1.29, 1.82) is 0 Å². The van der Waals surface area contributed by atoms with Crippen LogP contribution in [0.1, 0.15) is 18.4 Å². The second-order valence-electron chi connectivity index (χ2n) is 3.98. The summed E-state index contributed by atoms with van der Waals surface area (Å²) >= 11 is 3.56. The highest BCUT2D eigenvalue weighted by Crippen LogP contribution is 2.28. The van der Waals surface area contributed by atoms with Crippen molar-refractivity contribution >= 4 is 21.7 Å². The molecule has 2 rings (SSSR count). The van der Waals surface area contributed by atoms with Gasteiger partial charge < -0.3 is 10.0 Å². The van der Waals surface area contributed by atoms with Crippen LogP contribution >= 0.6 is 15.9 Å². The lowest BCUT2D eigenvalue weighted by Crippen LogP contribution is -2.36. The molecule has 1 saturated heterocycles. The van der Waals surface area contributed by atoms with Gasteiger partial charge in [0.15, 0.2) is 0 Å². The number of nitrogens with zero attached hydrogens (tertiary/aromatic N) is 2. The van der Waals surface area contributed by atoms with Crippen molar-refractivity contribution in [3.8, 4) is 0 Å². The zero-order valence-corrected chi connectivity index (χ0v) is 10.4. The summed E-state index contributed by atoms with van der Waals surface area (Å²) in [7, 11) is 0. The maximum atomic E-state index is 9.44. The number of aryl methyl sites for hydroxylation is 1. The number of anilines is 1. The summed E-state index contributed by atoms with van der Waals surface area (Å²) in [5, 5.41) is 9.44. The van der Waals surface area contributed by atoms with Gasteiger partial charge in [-0.05, 0) is 47.3 Å². The van der Waals surface area contributed by atoms with Gasteiger partial charge in [0.2, 0.25) is 0 Å². The monoisotopic (exact) mass is 270 g/mol. The molecule has 1 aliphatic heterocycles. The summed E-state index contributed by atoms with van der Waals surface area (Å²) in [5.41, 5.74) is 1.20. The van der Waals surface area contributed by atoms with Gasteiger partial charge in [-0.1, -0.05) is 0 Å². The summed E-state index contributed by atoms with van der Waals surface area (Å²) in [6, 6.07) is 1.99. The van der Waals surface area contributed by atoms with E-state index >= 15 is 0 Å². The van der Waals surface area contributed by atoms with Crippen LogP contribution < -0.4 is 4.90 Å². The molecule has 0 atom stereocenters. The Balaban J connectivity index is 2.19. The lowest BCUT2D eigenvalue weighted by atomic mass is 10.1. The van der Waals surface area contributed by atoms with Gasteiger partial charge in [0, 0.05) is 19.3 Å². The molecule has 0 bridgehead atoms. The molecule has 0 saturated carbocycles. The molecule has 0 aliphatic carbocycles.